The van der Waals surface area contributed by atoms with Crippen LogP contribution in [0.1, 0.15) is 17.2 Å². The summed E-state index contributed by atoms with van der Waals surface area (Å²) in [4.78, 5) is 6.85. The molecule has 1 aliphatic rings. The van der Waals surface area contributed by atoms with Crippen molar-refractivity contribution in [1.29, 1.82) is 0 Å². The fourth-order valence-electron chi connectivity index (χ4n) is 3.61. The van der Waals surface area contributed by atoms with Crippen molar-refractivity contribution in [2.24, 2.45) is 4.99 Å². The lowest BCUT2D eigenvalue weighted by atomic mass is 10.0. The largest absolute Gasteiger partial charge is 0.497 e. The molecule has 1 heterocycles. The molecule has 1 atom stereocenters. The summed E-state index contributed by atoms with van der Waals surface area (Å²) in [7, 11) is 5.10. The number of rotatable bonds is 8. The van der Waals surface area contributed by atoms with E-state index in [1.165, 1.54) is 5.56 Å². The summed E-state index contributed by atoms with van der Waals surface area (Å²) < 4.78 is 16.3. The molecule has 7 nitrogen and oxygen atoms in total. The van der Waals surface area contributed by atoms with Crippen molar-refractivity contribution in [3.05, 3.63) is 59.7 Å². The van der Waals surface area contributed by atoms with Crippen molar-refractivity contribution in [2.45, 2.75) is 12.6 Å². The Labute approximate surface area is 179 Å². The first-order valence-electron chi connectivity index (χ1n) is 10.3. The van der Waals surface area contributed by atoms with Crippen LogP contribution in [0, 0.1) is 0 Å². The zero-order valence-electron chi connectivity index (χ0n) is 18.1. The Kier molecular flexibility index (Phi) is 8.35. The van der Waals surface area contributed by atoms with Gasteiger partial charge in [0.05, 0.1) is 33.5 Å². The molecule has 0 aliphatic carbocycles. The van der Waals surface area contributed by atoms with Crippen molar-refractivity contribution in [3.8, 4) is 11.5 Å². The van der Waals surface area contributed by atoms with Crippen molar-refractivity contribution < 1.29 is 14.2 Å². The molecule has 2 N–H and O–H groups in total. The third-order valence-electron chi connectivity index (χ3n) is 5.30. The molecule has 2 aromatic carbocycles. The zero-order valence-corrected chi connectivity index (χ0v) is 18.1. The van der Waals surface area contributed by atoms with E-state index in [-0.39, 0.29) is 6.04 Å². The highest BCUT2D eigenvalue weighted by atomic mass is 16.5. The molecule has 1 fully saturated rings. The second-order valence-corrected chi connectivity index (χ2v) is 7.06. The smallest absolute Gasteiger partial charge is 0.191 e. The van der Waals surface area contributed by atoms with E-state index in [4.69, 9.17) is 14.2 Å². The van der Waals surface area contributed by atoms with Gasteiger partial charge in [0.25, 0.3) is 0 Å². The van der Waals surface area contributed by atoms with Crippen LogP contribution in [0.4, 0.5) is 0 Å². The minimum atomic E-state index is 0.254. The lowest BCUT2D eigenvalue weighted by Crippen LogP contribution is -2.46. The van der Waals surface area contributed by atoms with Gasteiger partial charge in [0.15, 0.2) is 5.96 Å². The maximum Gasteiger partial charge on any atom is 0.191 e. The van der Waals surface area contributed by atoms with Gasteiger partial charge in [-0.05, 0) is 17.7 Å². The van der Waals surface area contributed by atoms with Crippen molar-refractivity contribution in [2.75, 3.05) is 54.1 Å². The summed E-state index contributed by atoms with van der Waals surface area (Å²) in [5.41, 5.74) is 2.33. The quantitative estimate of drug-likeness (QED) is 0.513. The van der Waals surface area contributed by atoms with Crippen LogP contribution in [0.25, 0.3) is 0 Å². The molecular weight excluding hydrogens is 380 g/mol. The lowest BCUT2D eigenvalue weighted by molar-refractivity contribution is 0.0170. The topological polar surface area (TPSA) is 67.4 Å². The highest BCUT2D eigenvalue weighted by Crippen LogP contribution is 2.24. The van der Waals surface area contributed by atoms with Gasteiger partial charge in [-0.3, -0.25) is 9.89 Å². The molecule has 3 rings (SSSR count). The third-order valence-corrected chi connectivity index (χ3v) is 5.30. The van der Waals surface area contributed by atoms with Crippen molar-refractivity contribution in [1.82, 2.24) is 15.5 Å². The molecule has 0 aromatic heterocycles. The van der Waals surface area contributed by atoms with E-state index in [0.29, 0.717) is 6.54 Å². The summed E-state index contributed by atoms with van der Waals surface area (Å²) in [5, 5.41) is 6.87. The number of guanidine groups is 1. The molecule has 0 amide bonds. The number of hydrogen-bond acceptors (Lipinski definition) is 5. The average molecular weight is 413 g/mol. The molecule has 0 bridgehead atoms. The number of morpholine rings is 1. The molecule has 162 valence electrons. The van der Waals surface area contributed by atoms with Crippen LogP contribution in [0.5, 0.6) is 11.5 Å². The summed E-state index contributed by atoms with van der Waals surface area (Å²) in [5.74, 6) is 2.31. The van der Waals surface area contributed by atoms with Gasteiger partial charge < -0.3 is 24.8 Å². The van der Waals surface area contributed by atoms with Crippen LogP contribution in [0.3, 0.4) is 0 Å². The van der Waals surface area contributed by atoms with Crippen LogP contribution < -0.4 is 20.1 Å². The normalized spacial score (nSPS) is 16.0. The van der Waals surface area contributed by atoms with Crippen molar-refractivity contribution >= 4 is 5.96 Å². The van der Waals surface area contributed by atoms with Gasteiger partial charge in [-0.15, -0.1) is 0 Å². The Bertz CT molecular complexity index is 807. The van der Waals surface area contributed by atoms with E-state index in [1.54, 1.807) is 21.3 Å². The number of hydrogen-bond donors (Lipinski definition) is 2. The SMILES string of the molecule is CN=C(NCc1ccc(OC)cc1OC)NCC(c1ccccc1)N1CCOCC1. The average Bonchev–Trinajstić information content (AvgIpc) is 2.82. The molecule has 1 unspecified atom stereocenters. The summed E-state index contributed by atoms with van der Waals surface area (Å²) in [6.45, 7) is 4.75. The fraction of sp³-hybridized carbons (Fsp3) is 0.435. The zero-order chi connectivity index (χ0) is 21.2. The second-order valence-electron chi connectivity index (χ2n) is 7.06. The predicted octanol–water partition coefficient (Wildman–Crippen LogP) is 2.44. The highest BCUT2D eigenvalue weighted by molar-refractivity contribution is 5.79. The first kappa shape index (κ1) is 21.9. The van der Waals surface area contributed by atoms with Gasteiger partial charge in [0, 0.05) is 44.9 Å². The molecule has 1 saturated heterocycles. The van der Waals surface area contributed by atoms with E-state index >= 15 is 0 Å². The Morgan fingerprint density at radius 2 is 1.83 bits per heavy atom. The summed E-state index contributed by atoms with van der Waals surface area (Å²) >= 11 is 0. The van der Waals surface area contributed by atoms with Gasteiger partial charge in [-0.25, -0.2) is 0 Å². The molecule has 1 aliphatic heterocycles. The van der Waals surface area contributed by atoms with Gasteiger partial charge in [0.2, 0.25) is 0 Å². The van der Waals surface area contributed by atoms with Crippen LogP contribution in [0.15, 0.2) is 53.5 Å². The summed E-state index contributed by atoms with van der Waals surface area (Å²) in [6.07, 6.45) is 0. The van der Waals surface area contributed by atoms with Crippen LogP contribution in [-0.4, -0.2) is 65.0 Å². The lowest BCUT2D eigenvalue weighted by Gasteiger charge is -2.35. The minimum Gasteiger partial charge on any atom is -0.497 e. The number of nitrogens with one attached hydrogen (secondary N) is 2. The van der Waals surface area contributed by atoms with E-state index in [9.17, 15) is 0 Å². The maximum absolute atomic E-state index is 5.54. The number of methoxy groups -OCH3 is 2. The number of nitrogens with zero attached hydrogens (tertiary/aromatic N) is 2. The summed E-state index contributed by atoms with van der Waals surface area (Å²) in [6, 6.07) is 16.7. The van der Waals surface area contributed by atoms with Crippen LogP contribution in [-0.2, 0) is 11.3 Å². The first-order chi connectivity index (χ1) is 14.7. The number of ether oxygens (including phenoxy) is 3. The molecular formula is C23H32N4O3. The molecule has 7 heteroatoms. The molecule has 0 saturated carbocycles. The second kappa shape index (κ2) is 11.4. The first-order valence-corrected chi connectivity index (χ1v) is 10.3. The van der Waals surface area contributed by atoms with E-state index in [0.717, 1.165) is 55.9 Å². The predicted molar refractivity (Wildman–Crippen MR) is 119 cm³/mol. The monoisotopic (exact) mass is 412 g/mol. The molecule has 0 radical (unpaired) electrons. The highest BCUT2D eigenvalue weighted by Gasteiger charge is 2.22. The van der Waals surface area contributed by atoms with E-state index < -0.39 is 0 Å². The Morgan fingerprint density at radius 3 is 2.50 bits per heavy atom. The van der Waals surface area contributed by atoms with Crippen LogP contribution >= 0.6 is 0 Å². The Morgan fingerprint density at radius 1 is 1.07 bits per heavy atom. The number of aliphatic imine (C=N–C) groups is 1. The van der Waals surface area contributed by atoms with E-state index in [2.05, 4.69) is 50.9 Å². The van der Waals surface area contributed by atoms with Crippen molar-refractivity contribution in [3.63, 3.8) is 0 Å². The number of benzene rings is 2. The molecule has 2 aromatic rings. The Balaban J connectivity index is 1.63. The third kappa shape index (κ3) is 5.87. The van der Waals surface area contributed by atoms with Gasteiger partial charge in [-0.1, -0.05) is 30.3 Å². The standard InChI is InChI=1S/C23H32N4O3/c1-24-23(25-16-19-9-10-20(28-2)15-22(19)29-3)26-17-21(18-7-5-4-6-8-18)27-11-13-30-14-12-27/h4-10,15,21H,11-14,16-17H2,1-3H3,(H2,24,25,26). The molecule has 0 spiro atoms. The van der Waals surface area contributed by atoms with Crippen LogP contribution in [0.2, 0.25) is 0 Å². The fourth-order valence-corrected chi connectivity index (χ4v) is 3.61. The Hall–Kier alpha value is -2.77. The maximum atomic E-state index is 5.54. The minimum absolute atomic E-state index is 0.254. The van der Waals surface area contributed by atoms with Gasteiger partial charge in [0.1, 0.15) is 11.5 Å². The van der Waals surface area contributed by atoms with E-state index in [1.807, 2.05) is 18.2 Å². The molecule has 30 heavy (non-hydrogen) atoms. The van der Waals surface area contributed by atoms with Gasteiger partial charge >= 0.3 is 0 Å². The van der Waals surface area contributed by atoms with Gasteiger partial charge in [-0.2, -0.15) is 0 Å².